The van der Waals surface area contributed by atoms with Crippen LogP contribution in [-0.4, -0.2) is 53.4 Å². The topological polar surface area (TPSA) is 29.5 Å². The molecule has 0 saturated carbocycles. The van der Waals surface area contributed by atoms with Crippen molar-refractivity contribution in [3.05, 3.63) is 30.3 Å². The van der Waals surface area contributed by atoms with Gasteiger partial charge in [0.1, 0.15) is 0 Å². The summed E-state index contributed by atoms with van der Waals surface area (Å²) in [5.41, 5.74) is 0. The van der Waals surface area contributed by atoms with Crippen molar-refractivity contribution >= 4 is 40.6 Å². The molecule has 1 aromatic rings. The van der Waals surface area contributed by atoms with Gasteiger partial charge < -0.3 is 9.53 Å². The van der Waals surface area contributed by atoms with E-state index in [2.05, 4.69) is 9.76 Å². The number of hydrogen-bond acceptors (Lipinski definition) is 2. The molecule has 1 aliphatic heterocycles. The molecule has 8 radical (unpaired) electrons. The van der Waals surface area contributed by atoms with Crippen molar-refractivity contribution in [3.8, 4) is 0 Å². The summed E-state index contributed by atoms with van der Waals surface area (Å²) in [5, 5.41) is 1.11. The molecule has 0 atom stereocenters. The van der Waals surface area contributed by atoms with E-state index in [0.29, 0.717) is 17.1 Å². The zero-order valence-corrected chi connectivity index (χ0v) is 13.1. The van der Waals surface area contributed by atoms with Crippen LogP contribution in [0.25, 0.3) is 0 Å². The first-order chi connectivity index (χ1) is 7.84. The average Bonchev–Trinajstić information content (AvgIpc) is 2.89. The highest BCUT2D eigenvalue weighted by Gasteiger charge is 2.08. The number of benzene rings is 1. The molecule has 0 spiro atoms. The van der Waals surface area contributed by atoms with Crippen LogP contribution in [0.1, 0.15) is 12.8 Å². The van der Waals surface area contributed by atoms with E-state index >= 15 is 0 Å². The van der Waals surface area contributed by atoms with Crippen molar-refractivity contribution in [1.29, 1.82) is 0 Å². The maximum absolute atomic E-state index is 9.61. The van der Waals surface area contributed by atoms with Gasteiger partial charge in [-0.1, -0.05) is 30.3 Å². The number of hydrogen-bond donors (Lipinski definition) is 1. The minimum Gasteiger partial charge on any atom is -0.430 e. The monoisotopic (exact) mass is 278 g/mol. The fraction of sp³-hybridized carbons (Fsp3) is 0.400. The van der Waals surface area contributed by atoms with Gasteiger partial charge in [0, 0.05) is 31.5 Å². The van der Waals surface area contributed by atoms with Gasteiger partial charge in [-0.25, -0.2) is 0 Å². The van der Waals surface area contributed by atoms with Gasteiger partial charge in [0.05, 0.1) is 8.55 Å². The Balaban J connectivity index is 0.000000212. The predicted octanol–water partition coefficient (Wildman–Crippen LogP) is -0.422. The Morgan fingerprint density at radius 3 is 2.25 bits per heavy atom. The smallest absolute Gasteiger partial charge is 0.215 e. The Morgan fingerprint density at radius 2 is 1.81 bits per heavy atom. The highest BCUT2D eigenvalue weighted by Crippen LogP contribution is 1.98. The molecule has 2 nitrogen and oxygen atoms in total. The summed E-state index contributed by atoms with van der Waals surface area (Å²) < 4.78 is 4.94. The molecule has 16 heavy (non-hydrogen) atoms. The van der Waals surface area contributed by atoms with E-state index < -0.39 is 8.56 Å². The summed E-state index contributed by atoms with van der Waals surface area (Å²) in [7, 11) is 3.53. The first kappa shape index (κ1) is 14.1. The van der Waals surface area contributed by atoms with Crippen LogP contribution in [-0.2, 0) is 4.74 Å². The van der Waals surface area contributed by atoms with Gasteiger partial charge in [-0.3, -0.25) is 0 Å². The normalized spacial score (nSPS) is 14.7. The second-order valence-electron chi connectivity index (χ2n) is 3.28. The molecule has 1 fully saturated rings. The zero-order valence-electron chi connectivity index (χ0n) is 9.07. The highest BCUT2D eigenvalue weighted by atomic mass is 29.7. The summed E-state index contributed by atoms with van der Waals surface area (Å²) >= 11 is 0. The van der Waals surface area contributed by atoms with E-state index in [-0.39, 0.29) is 0 Å². The lowest BCUT2D eigenvalue weighted by Crippen LogP contribution is -2.39. The maximum Gasteiger partial charge on any atom is 0.215 e. The predicted molar refractivity (Wildman–Crippen MR) is 71.4 cm³/mol. The van der Waals surface area contributed by atoms with Crippen LogP contribution in [0, 0.1) is 0 Å². The van der Waals surface area contributed by atoms with Crippen molar-refractivity contribution in [1.82, 2.24) is 0 Å². The minimum absolute atomic E-state index is 0.665. The van der Waals surface area contributed by atoms with Gasteiger partial charge in [-0.2, -0.15) is 0 Å². The van der Waals surface area contributed by atoms with E-state index in [1.54, 1.807) is 0 Å². The van der Waals surface area contributed by atoms with Crippen molar-refractivity contribution in [2.24, 2.45) is 0 Å². The van der Waals surface area contributed by atoms with Crippen LogP contribution in [0.15, 0.2) is 30.3 Å². The molecule has 1 heterocycles. The third-order valence-corrected chi connectivity index (χ3v) is 11.9. The molecule has 0 amide bonds. The second kappa shape index (κ2) is 9.08. The molecule has 0 aromatic heterocycles. The minimum atomic E-state index is -1.23. The van der Waals surface area contributed by atoms with Crippen LogP contribution in [0.5, 0.6) is 0 Å². The van der Waals surface area contributed by atoms with Crippen LogP contribution >= 0.6 is 0 Å². The number of ether oxygens (including phenoxy) is 1. The molecule has 1 saturated heterocycles. The largest absolute Gasteiger partial charge is 0.430 e. The second-order valence-corrected chi connectivity index (χ2v) is 12.5. The van der Waals surface area contributed by atoms with Gasteiger partial charge in [0.15, 0.2) is 0 Å². The van der Waals surface area contributed by atoms with Crippen molar-refractivity contribution in [2.45, 2.75) is 12.8 Å². The van der Waals surface area contributed by atoms with E-state index in [1.165, 1.54) is 12.8 Å². The molecule has 1 aromatic carbocycles. The van der Waals surface area contributed by atoms with Crippen molar-refractivity contribution in [3.63, 3.8) is 0 Å². The molecule has 1 aliphatic rings. The molecule has 0 aliphatic carbocycles. The fourth-order valence-electron chi connectivity index (χ4n) is 1.24. The molecule has 82 valence electrons. The van der Waals surface area contributed by atoms with E-state index in [4.69, 9.17) is 4.74 Å². The fourth-order valence-corrected chi connectivity index (χ4v) is 8.86. The van der Waals surface area contributed by atoms with E-state index in [9.17, 15) is 4.80 Å². The van der Waals surface area contributed by atoms with Crippen LogP contribution in [0.4, 0.5) is 0 Å². The van der Waals surface area contributed by atoms with Crippen LogP contribution in [0.2, 0.25) is 0 Å². The Bertz CT molecular complexity index is 259. The van der Waals surface area contributed by atoms with Gasteiger partial charge in [-0.05, 0) is 18.0 Å². The van der Waals surface area contributed by atoms with Gasteiger partial charge in [0.25, 0.3) is 0 Å². The SMILES string of the molecule is C1CCOC1.O[Si]([Si][Si][Si])c1ccccc1. The quantitative estimate of drug-likeness (QED) is 0.761. The lowest BCUT2D eigenvalue weighted by Gasteiger charge is -2.03. The average molecular weight is 279 g/mol. The summed E-state index contributed by atoms with van der Waals surface area (Å²) in [4.78, 5) is 9.61. The maximum atomic E-state index is 9.61. The molecular formula is C10H14O2Si4. The summed E-state index contributed by atoms with van der Waals surface area (Å²) in [6.07, 6.45) is 2.56. The Labute approximate surface area is 107 Å². The van der Waals surface area contributed by atoms with Gasteiger partial charge in [-0.15, -0.1) is 0 Å². The number of rotatable bonds is 3. The molecule has 6 heteroatoms. The zero-order chi connectivity index (χ0) is 11.6. The van der Waals surface area contributed by atoms with E-state index in [1.807, 2.05) is 30.3 Å². The Kier molecular flexibility index (Phi) is 7.99. The Hall–Kier alpha value is 0.00753. The first-order valence-corrected chi connectivity index (χ1v) is 12.2. The Morgan fingerprint density at radius 1 is 1.19 bits per heavy atom. The third kappa shape index (κ3) is 5.92. The standard InChI is InChI=1S/C6H6OSi4.C4H8O/c7-11(10-9-8)6-4-2-1-3-5-6;1-2-4-5-3-1/h1-5,7H;1-4H2. The van der Waals surface area contributed by atoms with Crippen molar-refractivity contribution < 1.29 is 9.53 Å². The summed E-state index contributed by atoms with van der Waals surface area (Å²) in [5.74, 6) is 0. The third-order valence-electron chi connectivity index (χ3n) is 2.06. The lowest BCUT2D eigenvalue weighted by atomic mass is 10.4. The highest BCUT2D eigenvalue weighted by molar-refractivity contribution is 7.46. The van der Waals surface area contributed by atoms with E-state index in [0.717, 1.165) is 18.4 Å². The lowest BCUT2D eigenvalue weighted by molar-refractivity contribution is 0.198. The summed E-state index contributed by atoms with van der Waals surface area (Å²) in [6.45, 7) is 2.00. The molecular weight excluding hydrogens is 264 g/mol. The van der Waals surface area contributed by atoms with Gasteiger partial charge in [0.2, 0.25) is 8.56 Å². The molecule has 1 N–H and O–H groups in total. The molecule has 2 rings (SSSR count). The molecule has 0 bridgehead atoms. The van der Waals surface area contributed by atoms with Gasteiger partial charge >= 0.3 is 0 Å². The first-order valence-electron chi connectivity index (χ1n) is 5.21. The molecule has 0 unspecified atom stereocenters. The van der Waals surface area contributed by atoms with Crippen LogP contribution in [0.3, 0.4) is 0 Å². The summed E-state index contributed by atoms with van der Waals surface area (Å²) in [6, 6.07) is 9.90. The van der Waals surface area contributed by atoms with Crippen molar-refractivity contribution in [2.75, 3.05) is 13.2 Å². The van der Waals surface area contributed by atoms with Crippen LogP contribution < -0.4 is 5.19 Å².